The van der Waals surface area contributed by atoms with Gasteiger partial charge in [0.1, 0.15) is 0 Å². The second-order valence-electron chi connectivity index (χ2n) is 5.85. The van der Waals surface area contributed by atoms with Crippen LogP contribution in [0.1, 0.15) is 37.7 Å². The predicted octanol–water partition coefficient (Wildman–Crippen LogP) is 2.04. The first kappa shape index (κ1) is 15.9. The molecule has 1 aromatic rings. The monoisotopic (exact) mass is 293 g/mol. The summed E-state index contributed by atoms with van der Waals surface area (Å²) in [4.78, 5) is 14.9. The molecular weight excluding hydrogens is 270 g/mol. The van der Waals surface area contributed by atoms with E-state index >= 15 is 0 Å². The van der Waals surface area contributed by atoms with Gasteiger partial charge < -0.3 is 14.9 Å². The Labute approximate surface area is 125 Å². The number of hydrogen-bond acceptors (Lipinski definition) is 4. The maximum Gasteiger partial charge on any atom is 0.306 e. The van der Waals surface area contributed by atoms with E-state index in [1.807, 2.05) is 12.1 Å². The number of carbonyl (C=O) groups is 1. The number of ether oxygens (including phenoxy) is 1. The maximum atomic E-state index is 10.9. The van der Waals surface area contributed by atoms with Crippen molar-refractivity contribution in [3.05, 3.63) is 30.1 Å². The van der Waals surface area contributed by atoms with Crippen molar-refractivity contribution in [1.82, 2.24) is 4.98 Å². The van der Waals surface area contributed by atoms with E-state index in [1.165, 1.54) is 5.56 Å². The molecule has 0 amide bonds. The highest BCUT2D eigenvalue weighted by atomic mass is 16.5. The second-order valence-corrected chi connectivity index (χ2v) is 5.85. The van der Waals surface area contributed by atoms with Crippen molar-refractivity contribution in [2.24, 2.45) is 5.92 Å². The Kier molecular flexibility index (Phi) is 5.70. The molecule has 5 nitrogen and oxygen atoms in total. The van der Waals surface area contributed by atoms with Crippen LogP contribution in [0.4, 0.5) is 0 Å². The lowest BCUT2D eigenvalue weighted by Gasteiger charge is -2.34. The van der Waals surface area contributed by atoms with Crippen molar-refractivity contribution in [3.8, 4) is 0 Å². The van der Waals surface area contributed by atoms with E-state index in [0.717, 1.165) is 12.8 Å². The van der Waals surface area contributed by atoms with Crippen LogP contribution in [0.3, 0.4) is 0 Å². The van der Waals surface area contributed by atoms with Gasteiger partial charge in [-0.3, -0.25) is 9.78 Å². The molecule has 5 heteroatoms. The topological polar surface area (TPSA) is 79.7 Å². The Morgan fingerprint density at radius 2 is 2.00 bits per heavy atom. The molecule has 2 rings (SSSR count). The van der Waals surface area contributed by atoms with E-state index in [2.05, 4.69) is 4.98 Å². The van der Waals surface area contributed by atoms with E-state index in [-0.39, 0.29) is 5.92 Å². The molecule has 0 atom stereocenters. The number of aliphatic hydroxyl groups is 1. The van der Waals surface area contributed by atoms with Gasteiger partial charge in [-0.25, -0.2) is 0 Å². The number of hydrogen-bond donors (Lipinski definition) is 2. The van der Waals surface area contributed by atoms with E-state index in [4.69, 9.17) is 9.84 Å². The molecule has 0 spiro atoms. The van der Waals surface area contributed by atoms with Crippen LogP contribution in [-0.4, -0.2) is 40.0 Å². The molecule has 2 N–H and O–H groups in total. The molecule has 0 aliphatic heterocycles. The van der Waals surface area contributed by atoms with Crippen molar-refractivity contribution >= 4 is 5.97 Å². The number of aliphatic carboxylic acids is 1. The minimum absolute atomic E-state index is 0.301. The molecule has 1 aliphatic rings. The molecule has 21 heavy (non-hydrogen) atoms. The van der Waals surface area contributed by atoms with E-state index < -0.39 is 11.6 Å². The zero-order valence-corrected chi connectivity index (χ0v) is 12.2. The van der Waals surface area contributed by atoms with Crippen LogP contribution in [0.5, 0.6) is 0 Å². The molecule has 0 unspecified atom stereocenters. The lowest BCUT2D eigenvalue weighted by atomic mass is 9.79. The zero-order chi connectivity index (χ0) is 15.1. The van der Waals surface area contributed by atoms with E-state index in [1.54, 1.807) is 12.4 Å². The fraction of sp³-hybridized carbons (Fsp3) is 0.625. The maximum absolute atomic E-state index is 10.9. The van der Waals surface area contributed by atoms with Crippen LogP contribution in [0.15, 0.2) is 24.5 Å². The third-order valence-corrected chi connectivity index (χ3v) is 4.14. The fourth-order valence-corrected chi connectivity index (χ4v) is 2.74. The van der Waals surface area contributed by atoms with Gasteiger partial charge in [-0.1, -0.05) is 0 Å². The number of nitrogens with zero attached hydrogens (tertiary/aromatic N) is 1. The number of carboxylic acids is 1. The standard InChI is InChI=1S/C16H23NO4/c18-15(19)14-3-7-16(20,8-4-14)12-21-11-1-2-13-5-9-17-10-6-13/h5-6,9-10,14,20H,1-4,7-8,11-12H2,(H,18,19). The Balaban J connectivity index is 1.61. The van der Waals surface area contributed by atoms with Crippen molar-refractivity contribution in [3.63, 3.8) is 0 Å². The largest absolute Gasteiger partial charge is 0.481 e. The van der Waals surface area contributed by atoms with Gasteiger partial charge >= 0.3 is 5.97 Å². The number of aromatic nitrogens is 1. The summed E-state index contributed by atoms with van der Waals surface area (Å²) in [5.74, 6) is -1.06. The lowest BCUT2D eigenvalue weighted by Crippen LogP contribution is -2.40. The quantitative estimate of drug-likeness (QED) is 0.752. The van der Waals surface area contributed by atoms with Crippen LogP contribution in [-0.2, 0) is 16.0 Å². The first-order valence-electron chi connectivity index (χ1n) is 7.51. The number of aryl methyl sites for hydroxylation is 1. The summed E-state index contributed by atoms with van der Waals surface area (Å²) in [6.07, 6.45) is 7.47. The minimum Gasteiger partial charge on any atom is -0.481 e. The SMILES string of the molecule is O=C(O)C1CCC(O)(COCCCc2ccncc2)CC1. The Morgan fingerprint density at radius 1 is 1.33 bits per heavy atom. The Hall–Kier alpha value is -1.46. The van der Waals surface area contributed by atoms with Crippen molar-refractivity contribution in [1.29, 1.82) is 0 Å². The molecule has 1 saturated carbocycles. The van der Waals surface area contributed by atoms with Crippen LogP contribution in [0.2, 0.25) is 0 Å². The second kappa shape index (κ2) is 7.52. The number of pyridine rings is 1. The highest BCUT2D eigenvalue weighted by molar-refractivity contribution is 5.70. The lowest BCUT2D eigenvalue weighted by molar-refractivity contribution is -0.146. The van der Waals surface area contributed by atoms with Gasteiger partial charge in [-0.05, 0) is 56.2 Å². The van der Waals surface area contributed by atoms with Crippen LogP contribution >= 0.6 is 0 Å². The molecule has 1 aliphatic carbocycles. The van der Waals surface area contributed by atoms with Crippen molar-refractivity contribution < 1.29 is 19.7 Å². The normalized spacial score (nSPS) is 25.7. The van der Waals surface area contributed by atoms with Crippen LogP contribution in [0.25, 0.3) is 0 Å². The Bertz CT molecular complexity index is 441. The summed E-state index contributed by atoms with van der Waals surface area (Å²) in [7, 11) is 0. The average Bonchev–Trinajstić information content (AvgIpc) is 2.48. The molecular formula is C16H23NO4. The third kappa shape index (κ3) is 5.10. The fourth-order valence-electron chi connectivity index (χ4n) is 2.74. The predicted molar refractivity (Wildman–Crippen MR) is 77.9 cm³/mol. The molecule has 0 saturated heterocycles. The first-order valence-corrected chi connectivity index (χ1v) is 7.51. The minimum atomic E-state index is -0.845. The first-order chi connectivity index (χ1) is 10.1. The van der Waals surface area contributed by atoms with E-state index in [0.29, 0.717) is 38.9 Å². The van der Waals surface area contributed by atoms with Gasteiger partial charge in [-0.15, -0.1) is 0 Å². The summed E-state index contributed by atoms with van der Waals surface area (Å²) in [6, 6.07) is 3.97. The molecule has 0 aromatic carbocycles. The summed E-state index contributed by atoms with van der Waals surface area (Å²) in [6.45, 7) is 0.905. The highest BCUT2D eigenvalue weighted by Gasteiger charge is 2.35. The molecule has 0 radical (unpaired) electrons. The summed E-state index contributed by atoms with van der Waals surface area (Å²) in [5, 5.41) is 19.3. The van der Waals surface area contributed by atoms with Crippen LogP contribution in [0, 0.1) is 5.92 Å². The summed E-state index contributed by atoms with van der Waals surface area (Å²) >= 11 is 0. The average molecular weight is 293 g/mol. The van der Waals surface area contributed by atoms with Gasteiger partial charge in [0.05, 0.1) is 18.1 Å². The van der Waals surface area contributed by atoms with Crippen LogP contribution < -0.4 is 0 Å². The van der Waals surface area contributed by atoms with Gasteiger partial charge in [0.15, 0.2) is 0 Å². The third-order valence-electron chi connectivity index (χ3n) is 4.14. The van der Waals surface area contributed by atoms with Gasteiger partial charge in [0.2, 0.25) is 0 Å². The van der Waals surface area contributed by atoms with Gasteiger partial charge in [0, 0.05) is 19.0 Å². The number of rotatable bonds is 7. The summed E-state index contributed by atoms with van der Waals surface area (Å²) in [5.41, 5.74) is 0.386. The molecule has 116 valence electrons. The molecule has 1 aromatic heterocycles. The van der Waals surface area contributed by atoms with Gasteiger partial charge in [0.25, 0.3) is 0 Å². The molecule has 1 fully saturated rings. The van der Waals surface area contributed by atoms with Crippen molar-refractivity contribution in [2.45, 2.75) is 44.1 Å². The number of carboxylic acid groups (broad SMARTS) is 1. The van der Waals surface area contributed by atoms with Crippen molar-refractivity contribution in [2.75, 3.05) is 13.2 Å². The smallest absolute Gasteiger partial charge is 0.306 e. The highest BCUT2D eigenvalue weighted by Crippen LogP contribution is 2.32. The Morgan fingerprint density at radius 3 is 2.62 bits per heavy atom. The van der Waals surface area contributed by atoms with E-state index in [9.17, 15) is 9.90 Å². The molecule has 1 heterocycles. The van der Waals surface area contributed by atoms with Gasteiger partial charge in [-0.2, -0.15) is 0 Å². The summed E-state index contributed by atoms with van der Waals surface area (Å²) < 4.78 is 5.58. The molecule has 0 bridgehead atoms. The zero-order valence-electron chi connectivity index (χ0n) is 12.2.